The summed E-state index contributed by atoms with van der Waals surface area (Å²) in [7, 11) is 0. The maximum absolute atomic E-state index is 12.5. The molecule has 20 heavy (non-hydrogen) atoms. The van der Waals surface area contributed by atoms with Crippen molar-refractivity contribution in [2.75, 3.05) is 0 Å². The Bertz CT molecular complexity index is 680. The number of fused-ring (bicyclic) bond motifs is 1. The highest BCUT2D eigenvalue weighted by molar-refractivity contribution is 6.07. The summed E-state index contributed by atoms with van der Waals surface area (Å²) in [4.78, 5) is 18.2. The molecule has 4 heteroatoms. The van der Waals surface area contributed by atoms with Crippen molar-refractivity contribution >= 4 is 17.4 Å². The highest BCUT2D eigenvalue weighted by Gasteiger charge is 2.31. The molecule has 1 atom stereocenters. The molecule has 0 fully saturated rings. The lowest BCUT2D eigenvalue weighted by molar-refractivity contribution is 0.0365. The first-order chi connectivity index (χ1) is 9.68. The van der Waals surface area contributed by atoms with Crippen molar-refractivity contribution in [1.82, 2.24) is 4.90 Å². The molecule has 1 aliphatic heterocycles. The number of amides is 1. The zero-order valence-corrected chi connectivity index (χ0v) is 11.0. The van der Waals surface area contributed by atoms with Gasteiger partial charge in [-0.15, -0.1) is 0 Å². The number of aliphatic hydroxyl groups is 1. The second-order valence-corrected chi connectivity index (χ2v) is 4.63. The number of aliphatic hydroxyl groups excluding tert-OH is 1. The largest absolute Gasteiger partial charge is 0.369 e. The Morgan fingerprint density at radius 3 is 2.50 bits per heavy atom. The SMILES string of the molecule is CC1=Nc2ccccc2C(O)N1C(=O)c1ccccc1. The smallest absolute Gasteiger partial charge is 0.261 e. The van der Waals surface area contributed by atoms with Crippen LogP contribution in [0.4, 0.5) is 5.69 Å². The Hall–Kier alpha value is -2.46. The number of para-hydroxylation sites is 1. The number of nitrogens with zero attached hydrogens (tertiary/aromatic N) is 2. The highest BCUT2D eigenvalue weighted by atomic mass is 16.3. The van der Waals surface area contributed by atoms with Gasteiger partial charge in [-0.3, -0.25) is 9.69 Å². The molecular formula is C16H14N2O2. The van der Waals surface area contributed by atoms with Gasteiger partial charge in [-0.25, -0.2) is 4.99 Å². The molecule has 1 aliphatic rings. The summed E-state index contributed by atoms with van der Waals surface area (Å²) in [6.45, 7) is 1.72. The summed E-state index contributed by atoms with van der Waals surface area (Å²) in [5, 5.41) is 10.4. The minimum Gasteiger partial charge on any atom is -0.369 e. The van der Waals surface area contributed by atoms with Crippen LogP contribution < -0.4 is 0 Å². The summed E-state index contributed by atoms with van der Waals surface area (Å²) in [6.07, 6.45) is -1.00. The summed E-state index contributed by atoms with van der Waals surface area (Å²) < 4.78 is 0. The first kappa shape index (κ1) is 12.6. The molecule has 2 aromatic rings. The molecule has 0 saturated heterocycles. The summed E-state index contributed by atoms with van der Waals surface area (Å²) in [5.74, 6) is 0.235. The maximum Gasteiger partial charge on any atom is 0.261 e. The van der Waals surface area contributed by atoms with E-state index in [1.165, 1.54) is 4.90 Å². The number of hydrogen-bond donors (Lipinski definition) is 1. The molecule has 1 heterocycles. The van der Waals surface area contributed by atoms with Crippen molar-refractivity contribution < 1.29 is 9.90 Å². The Kier molecular flexibility index (Phi) is 3.08. The fourth-order valence-corrected chi connectivity index (χ4v) is 2.33. The first-order valence-corrected chi connectivity index (χ1v) is 6.39. The fraction of sp³-hybridized carbons (Fsp3) is 0.125. The second kappa shape index (κ2) is 4.90. The molecule has 0 aromatic heterocycles. The Morgan fingerprint density at radius 2 is 1.75 bits per heavy atom. The third-order valence-electron chi connectivity index (χ3n) is 3.33. The van der Waals surface area contributed by atoms with Crippen molar-refractivity contribution in [2.24, 2.45) is 4.99 Å². The average Bonchev–Trinajstić information content (AvgIpc) is 2.48. The molecule has 0 radical (unpaired) electrons. The van der Waals surface area contributed by atoms with Crippen molar-refractivity contribution in [2.45, 2.75) is 13.2 Å². The van der Waals surface area contributed by atoms with Crippen LogP contribution in [-0.4, -0.2) is 21.7 Å². The van der Waals surface area contributed by atoms with E-state index in [-0.39, 0.29) is 5.91 Å². The van der Waals surface area contributed by atoms with Gasteiger partial charge < -0.3 is 5.11 Å². The molecule has 0 bridgehead atoms. The molecule has 2 aromatic carbocycles. The van der Waals surface area contributed by atoms with Crippen LogP contribution >= 0.6 is 0 Å². The topological polar surface area (TPSA) is 52.9 Å². The zero-order valence-electron chi connectivity index (χ0n) is 11.0. The van der Waals surface area contributed by atoms with Gasteiger partial charge in [0, 0.05) is 11.1 Å². The predicted molar refractivity (Wildman–Crippen MR) is 76.8 cm³/mol. The lowest BCUT2D eigenvalue weighted by Gasteiger charge is -2.32. The van der Waals surface area contributed by atoms with Crippen molar-refractivity contribution in [1.29, 1.82) is 0 Å². The fourth-order valence-electron chi connectivity index (χ4n) is 2.33. The molecule has 1 N–H and O–H groups in total. The standard InChI is InChI=1S/C16H14N2O2/c1-11-17-14-10-6-5-9-13(14)16(20)18(11)15(19)12-7-3-2-4-8-12/h2-10,16,20H,1H3. The van der Waals surface area contributed by atoms with Crippen LogP contribution in [0.25, 0.3) is 0 Å². The summed E-state index contributed by atoms with van der Waals surface area (Å²) >= 11 is 0. The van der Waals surface area contributed by atoms with E-state index in [2.05, 4.69) is 4.99 Å². The van der Waals surface area contributed by atoms with E-state index >= 15 is 0 Å². The van der Waals surface area contributed by atoms with Gasteiger partial charge in [0.2, 0.25) is 0 Å². The van der Waals surface area contributed by atoms with Crippen LogP contribution in [0.1, 0.15) is 29.1 Å². The van der Waals surface area contributed by atoms with Crippen LogP contribution in [0.3, 0.4) is 0 Å². The van der Waals surface area contributed by atoms with E-state index in [1.54, 1.807) is 37.3 Å². The van der Waals surface area contributed by atoms with Crippen molar-refractivity contribution in [3.8, 4) is 0 Å². The van der Waals surface area contributed by atoms with Crippen LogP contribution in [0.15, 0.2) is 59.6 Å². The molecule has 0 aliphatic carbocycles. The van der Waals surface area contributed by atoms with Crippen LogP contribution in [0, 0.1) is 0 Å². The number of carbonyl (C=O) groups is 1. The molecule has 4 nitrogen and oxygen atoms in total. The van der Waals surface area contributed by atoms with Gasteiger partial charge in [0.05, 0.1) is 5.69 Å². The third-order valence-corrected chi connectivity index (χ3v) is 3.33. The van der Waals surface area contributed by atoms with Crippen LogP contribution in [-0.2, 0) is 0 Å². The van der Waals surface area contributed by atoms with Crippen LogP contribution in [0.2, 0.25) is 0 Å². The molecule has 0 spiro atoms. The number of aliphatic imine (C=N–C) groups is 1. The van der Waals surface area contributed by atoms with Crippen LogP contribution in [0.5, 0.6) is 0 Å². The molecule has 100 valence electrons. The average molecular weight is 266 g/mol. The second-order valence-electron chi connectivity index (χ2n) is 4.63. The zero-order chi connectivity index (χ0) is 14.1. The monoisotopic (exact) mass is 266 g/mol. The number of benzene rings is 2. The number of hydrogen-bond acceptors (Lipinski definition) is 3. The highest BCUT2D eigenvalue weighted by Crippen LogP contribution is 2.33. The van der Waals surface area contributed by atoms with Gasteiger partial charge in [-0.2, -0.15) is 0 Å². The van der Waals surface area contributed by atoms with Gasteiger partial charge in [0.1, 0.15) is 5.84 Å². The van der Waals surface area contributed by atoms with Gasteiger partial charge in [-0.1, -0.05) is 36.4 Å². The number of amidine groups is 1. The Morgan fingerprint density at radius 1 is 1.10 bits per heavy atom. The quantitative estimate of drug-likeness (QED) is 0.862. The molecular weight excluding hydrogens is 252 g/mol. The van der Waals surface area contributed by atoms with E-state index in [0.29, 0.717) is 22.6 Å². The molecule has 3 rings (SSSR count). The molecule has 1 unspecified atom stereocenters. The van der Waals surface area contributed by atoms with Crippen molar-refractivity contribution in [3.63, 3.8) is 0 Å². The van der Waals surface area contributed by atoms with Gasteiger partial charge >= 0.3 is 0 Å². The van der Waals surface area contributed by atoms with E-state index < -0.39 is 6.23 Å². The maximum atomic E-state index is 12.5. The van der Waals surface area contributed by atoms with Gasteiger partial charge in [-0.05, 0) is 25.1 Å². The lowest BCUT2D eigenvalue weighted by Crippen LogP contribution is -2.40. The minimum absolute atomic E-state index is 0.256. The molecule has 0 saturated carbocycles. The van der Waals surface area contributed by atoms with E-state index in [4.69, 9.17) is 0 Å². The van der Waals surface area contributed by atoms with Gasteiger partial charge in [0.25, 0.3) is 5.91 Å². The molecule has 1 amide bonds. The number of rotatable bonds is 1. The lowest BCUT2D eigenvalue weighted by atomic mass is 10.1. The van der Waals surface area contributed by atoms with E-state index in [1.807, 2.05) is 24.3 Å². The van der Waals surface area contributed by atoms with Crippen molar-refractivity contribution in [3.05, 3.63) is 65.7 Å². The summed E-state index contributed by atoms with van der Waals surface area (Å²) in [5.41, 5.74) is 1.87. The Labute approximate surface area is 117 Å². The third kappa shape index (κ3) is 2.00. The normalized spacial score (nSPS) is 17.4. The van der Waals surface area contributed by atoms with Gasteiger partial charge in [0.15, 0.2) is 6.23 Å². The number of carbonyl (C=O) groups excluding carboxylic acids is 1. The Balaban J connectivity index is 2.02. The van der Waals surface area contributed by atoms with E-state index in [0.717, 1.165) is 0 Å². The predicted octanol–water partition coefficient (Wildman–Crippen LogP) is 2.88. The minimum atomic E-state index is -1.00. The first-order valence-electron chi connectivity index (χ1n) is 6.39. The van der Waals surface area contributed by atoms with E-state index in [9.17, 15) is 9.90 Å². The summed E-state index contributed by atoms with van der Waals surface area (Å²) in [6, 6.07) is 16.2.